The van der Waals surface area contributed by atoms with Gasteiger partial charge in [-0.05, 0) is 23.6 Å². The monoisotopic (exact) mass is 308 g/mol. The number of fused-ring (bicyclic) bond motifs is 2. The van der Waals surface area contributed by atoms with Gasteiger partial charge in [-0.25, -0.2) is 0 Å². The van der Waals surface area contributed by atoms with Crippen LogP contribution in [-0.4, -0.2) is 18.5 Å². The molecule has 4 rings (SSSR count). The lowest BCUT2D eigenvalue weighted by Crippen LogP contribution is -2.26. The minimum atomic E-state index is -0.730. The number of rotatable bonds is 2. The van der Waals surface area contributed by atoms with Crippen LogP contribution in [0.25, 0.3) is 5.57 Å². The van der Waals surface area contributed by atoms with Crippen molar-refractivity contribution in [2.24, 2.45) is 0 Å². The summed E-state index contributed by atoms with van der Waals surface area (Å²) in [6, 6.07) is 16.6. The second-order valence-corrected chi connectivity index (χ2v) is 6.09. The third kappa shape index (κ3) is 2.41. The zero-order valence-corrected chi connectivity index (χ0v) is 13.2. The molecule has 0 amide bonds. The van der Waals surface area contributed by atoms with Gasteiger partial charge in [0.1, 0.15) is 11.5 Å². The Morgan fingerprint density at radius 2 is 1.87 bits per heavy atom. The van der Waals surface area contributed by atoms with Crippen molar-refractivity contribution < 1.29 is 14.6 Å². The standard InChI is InChI=1S/C20H20O3/c1-22-17-9-5-8-15-14(17)10-11-18-20(15)16(12-19(21)23-18)13-6-3-2-4-7-13/h2-9,16,19,21H,10-12H2,1H3/t16-,19?/m0/s1. The van der Waals surface area contributed by atoms with Crippen molar-refractivity contribution in [2.45, 2.75) is 31.5 Å². The Morgan fingerprint density at radius 1 is 1.04 bits per heavy atom. The maximum Gasteiger partial charge on any atom is 0.197 e. The molecule has 1 unspecified atom stereocenters. The van der Waals surface area contributed by atoms with Gasteiger partial charge in [0.25, 0.3) is 0 Å². The van der Waals surface area contributed by atoms with Crippen LogP contribution in [0.4, 0.5) is 0 Å². The van der Waals surface area contributed by atoms with E-state index in [4.69, 9.17) is 9.47 Å². The molecule has 2 aliphatic rings. The van der Waals surface area contributed by atoms with Crippen molar-refractivity contribution in [1.82, 2.24) is 0 Å². The van der Waals surface area contributed by atoms with E-state index in [2.05, 4.69) is 18.2 Å². The van der Waals surface area contributed by atoms with Gasteiger partial charge < -0.3 is 14.6 Å². The molecule has 1 aliphatic carbocycles. The maximum absolute atomic E-state index is 10.1. The lowest BCUT2D eigenvalue weighted by molar-refractivity contribution is -0.0810. The van der Waals surface area contributed by atoms with Gasteiger partial charge in [-0.2, -0.15) is 0 Å². The average molecular weight is 308 g/mol. The van der Waals surface area contributed by atoms with Crippen LogP contribution in [0, 0.1) is 0 Å². The maximum atomic E-state index is 10.1. The molecule has 0 radical (unpaired) electrons. The van der Waals surface area contributed by atoms with Crippen LogP contribution >= 0.6 is 0 Å². The number of methoxy groups -OCH3 is 1. The summed E-state index contributed by atoms with van der Waals surface area (Å²) in [6.45, 7) is 0. The molecular formula is C20H20O3. The van der Waals surface area contributed by atoms with E-state index < -0.39 is 6.29 Å². The number of hydrogen-bond acceptors (Lipinski definition) is 3. The third-order valence-electron chi connectivity index (χ3n) is 4.81. The lowest BCUT2D eigenvalue weighted by Gasteiger charge is -2.36. The second-order valence-electron chi connectivity index (χ2n) is 6.09. The molecule has 0 saturated heterocycles. The highest BCUT2D eigenvalue weighted by atomic mass is 16.6. The SMILES string of the molecule is COc1cccc2c1CCC1=C2[C@H](c2ccccc2)CC(O)O1. The van der Waals surface area contributed by atoms with Gasteiger partial charge in [0.2, 0.25) is 0 Å². The zero-order chi connectivity index (χ0) is 15.8. The first-order valence-corrected chi connectivity index (χ1v) is 8.07. The summed E-state index contributed by atoms with van der Waals surface area (Å²) < 4.78 is 11.3. The van der Waals surface area contributed by atoms with Gasteiger partial charge in [0, 0.05) is 29.9 Å². The van der Waals surface area contributed by atoms with E-state index in [9.17, 15) is 5.11 Å². The summed E-state index contributed by atoms with van der Waals surface area (Å²) in [5, 5.41) is 10.1. The first-order chi connectivity index (χ1) is 11.3. The van der Waals surface area contributed by atoms with E-state index >= 15 is 0 Å². The summed E-state index contributed by atoms with van der Waals surface area (Å²) in [6.07, 6.45) is 1.54. The van der Waals surface area contributed by atoms with Crippen molar-refractivity contribution in [1.29, 1.82) is 0 Å². The number of ether oxygens (including phenoxy) is 2. The number of aliphatic hydroxyl groups excluding tert-OH is 1. The molecule has 23 heavy (non-hydrogen) atoms. The van der Waals surface area contributed by atoms with Crippen molar-refractivity contribution in [3.8, 4) is 5.75 Å². The summed E-state index contributed by atoms with van der Waals surface area (Å²) in [5.74, 6) is 2.02. The van der Waals surface area contributed by atoms with Crippen LogP contribution < -0.4 is 4.74 Å². The minimum Gasteiger partial charge on any atom is -0.496 e. The van der Waals surface area contributed by atoms with E-state index in [0.717, 1.165) is 24.4 Å². The second kappa shape index (κ2) is 5.74. The fourth-order valence-electron chi connectivity index (χ4n) is 3.81. The summed E-state index contributed by atoms with van der Waals surface area (Å²) in [5.41, 5.74) is 4.88. The Kier molecular flexibility index (Phi) is 3.58. The Morgan fingerprint density at radius 3 is 2.65 bits per heavy atom. The van der Waals surface area contributed by atoms with Crippen molar-refractivity contribution in [3.63, 3.8) is 0 Å². The largest absolute Gasteiger partial charge is 0.496 e. The predicted molar refractivity (Wildman–Crippen MR) is 89.1 cm³/mol. The average Bonchev–Trinajstić information content (AvgIpc) is 2.60. The molecule has 1 N–H and O–H groups in total. The molecule has 0 bridgehead atoms. The molecule has 3 nitrogen and oxygen atoms in total. The van der Waals surface area contributed by atoms with Crippen LogP contribution in [0.15, 0.2) is 54.3 Å². The Bertz CT molecular complexity index is 749. The van der Waals surface area contributed by atoms with Gasteiger partial charge in [0.15, 0.2) is 6.29 Å². The molecule has 0 spiro atoms. The van der Waals surface area contributed by atoms with Crippen molar-refractivity contribution in [3.05, 3.63) is 71.0 Å². The van der Waals surface area contributed by atoms with E-state index in [1.165, 1.54) is 22.3 Å². The molecular weight excluding hydrogens is 288 g/mol. The molecule has 2 aromatic rings. The summed E-state index contributed by atoms with van der Waals surface area (Å²) in [7, 11) is 1.72. The topological polar surface area (TPSA) is 38.7 Å². The fraction of sp³-hybridized carbons (Fsp3) is 0.300. The Balaban J connectivity index is 1.88. The van der Waals surface area contributed by atoms with Crippen molar-refractivity contribution in [2.75, 3.05) is 7.11 Å². The number of allylic oxidation sites excluding steroid dienone is 2. The molecule has 1 aliphatic heterocycles. The molecule has 1 heterocycles. The van der Waals surface area contributed by atoms with Gasteiger partial charge in [-0.15, -0.1) is 0 Å². The van der Waals surface area contributed by atoms with E-state index in [1.54, 1.807) is 7.11 Å². The first-order valence-electron chi connectivity index (χ1n) is 8.07. The quantitative estimate of drug-likeness (QED) is 0.915. The number of hydrogen-bond donors (Lipinski definition) is 1. The van der Waals surface area contributed by atoms with Gasteiger partial charge in [0.05, 0.1) is 7.11 Å². The van der Waals surface area contributed by atoms with Crippen molar-refractivity contribution >= 4 is 5.57 Å². The predicted octanol–water partition coefficient (Wildman–Crippen LogP) is 3.88. The number of benzene rings is 2. The van der Waals surface area contributed by atoms with E-state index in [-0.39, 0.29) is 5.92 Å². The van der Waals surface area contributed by atoms with Crippen LogP contribution in [-0.2, 0) is 11.2 Å². The molecule has 0 aromatic heterocycles. The molecule has 0 fully saturated rings. The van der Waals surface area contributed by atoms with Gasteiger partial charge >= 0.3 is 0 Å². The highest BCUT2D eigenvalue weighted by molar-refractivity contribution is 5.79. The minimum absolute atomic E-state index is 0.154. The lowest BCUT2D eigenvalue weighted by atomic mass is 9.76. The summed E-state index contributed by atoms with van der Waals surface area (Å²) >= 11 is 0. The fourth-order valence-corrected chi connectivity index (χ4v) is 3.81. The molecule has 0 saturated carbocycles. The third-order valence-corrected chi connectivity index (χ3v) is 4.81. The number of aliphatic hydroxyl groups is 1. The smallest absolute Gasteiger partial charge is 0.197 e. The first kappa shape index (κ1) is 14.3. The van der Waals surface area contributed by atoms with Crippen LogP contribution in [0.2, 0.25) is 0 Å². The van der Waals surface area contributed by atoms with Crippen LogP contribution in [0.5, 0.6) is 5.75 Å². The molecule has 2 atom stereocenters. The van der Waals surface area contributed by atoms with Crippen LogP contribution in [0.1, 0.15) is 35.4 Å². The Hall–Kier alpha value is -2.26. The highest BCUT2D eigenvalue weighted by Crippen LogP contribution is 2.48. The molecule has 2 aromatic carbocycles. The zero-order valence-electron chi connectivity index (χ0n) is 13.2. The van der Waals surface area contributed by atoms with Crippen LogP contribution in [0.3, 0.4) is 0 Å². The Labute approximate surface area is 136 Å². The van der Waals surface area contributed by atoms with Gasteiger partial charge in [-0.3, -0.25) is 0 Å². The van der Waals surface area contributed by atoms with E-state index in [1.807, 2.05) is 30.3 Å². The normalized spacial score (nSPS) is 22.9. The summed E-state index contributed by atoms with van der Waals surface area (Å²) in [4.78, 5) is 0. The van der Waals surface area contributed by atoms with Gasteiger partial charge in [-0.1, -0.05) is 42.5 Å². The molecule has 3 heteroatoms. The molecule has 118 valence electrons. The highest BCUT2D eigenvalue weighted by Gasteiger charge is 2.35. The van der Waals surface area contributed by atoms with E-state index in [0.29, 0.717) is 6.42 Å².